The van der Waals surface area contributed by atoms with Crippen molar-refractivity contribution >= 4 is 10.0 Å². The van der Waals surface area contributed by atoms with Crippen molar-refractivity contribution in [2.75, 3.05) is 26.3 Å². The van der Waals surface area contributed by atoms with Gasteiger partial charge in [-0.15, -0.1) is 0 Å². The number of benzene rings is 1. The lowest BCUT2D eigenvalue weighted by molar-refractivity contribution is 0.166. The van der Waals surface area contributed by atoms with E-state index in [1.165, 1.54) is 0 Å². The van der Waals surface area contributed by atoms with Crippen molar-refractivity contribution in [1.82, 2.24) is 4.31 Å². The Morgan fingerprint density at radius 1 is 1.30 bits per heavy atom. The fraction of sp³-hybridized carbons (Fsp3) is 0.571. The highest BCUT2D eigenvalue weighted by Crippen LogP contribution is 2.58. The lowest BCUT2D eigenvalue weighted by atomic mass is 10.1. The monoisotopic (exact) mass is 295 g/mol. The van der Waals surface area contributed by atoms with Gasteiger partial charge < -0.3 is 9.47 Å². The number of para-hydroxylation sites is 1. The fourth-order valence-corrected chi connectivity index (χ4v) is 5.03. The molecule has 3 aliphatic rings. The Bertz CT molecular complexity index is 672. The van der Waals surface area contributed by atoms with Gasteiger partial charge in [-0.3, -0.25) is 0 Å². The van der Waals surface area contributed by atoms with Gasteiger partial charge in [0.15, 0.2) is 11.5 Å². The standard InChI is InChI=1S/C14H17NO4S/c1-14-7-10(14)8-15(9-14)20(16,17)12-4-2-3-11-13(12)19-6-5-18-11/h2-4,10H,5-9H2,1H3. The Hall–Kier alpha value is -1.27. The summed E-state index contributed by atoms with van der Waals surface area (Å²) < 4.78 is 38.2. The lowest BCUT2D eigenvalue weighted by Gasteiger charge is -2.24. The highest BCUT2D eigenvalue weighted by molar-refractivity contribution is 7.89. The molecule has 6 heteroatoms. The first kappa shape index (κ1) is 12.5. The summed E-state index contributed by atoms with van der Waals surface area (Å²) in [5.41, 5.74) is 0.194. The maximum Gasteiger partial charge on any atom is 0.246 e. The van der Waals surface area contributed by atoms with Gasteiger partial charge in [-0.2, -0.15) is 4.31 Å². The number of ether oxygens (including phenoxy) is 2. The van der Waals surface area contributed by atoms with Gasteiger partial charge in [0.2, 0.25) is 10.0 Å². The van der Waals surface area contributed by atoms with Crippen molar-refractivity contribution < 1.29 is 17.9 Å². The predicted molar refractivity (Wildman–Crippen MR) is 72.4 cm³/mol. The molecule has 108 valence electrons. The molecule has 0 aromatic heterocycles. The molecule has 20 heavy (non-hydrogen) atoms. The zero-order chi connectivity index (χ0) is 14.0. The van der Waals surface area contributed by atoms with Gasteiger partial charge >= 0.3 is 0 Å². The third kappa shape index (κ3) is 1.67. The number of hydrogen-bond donors (Lipinski definition) is 0. The van der Waals surface area contributed by atoms with Crippen molar-refractivity contribution in [3.05, 3.63) is 18.2 Å². The maximum atomic E-state index is 12.8. The Morgan fingerprint density at radius 2 is 2.10 bits per heavy atom. The van der Waals surface area contributed by atoms with Crippen LogP contribution in [-0.2, 0) is 10.0 Å². The van der Waals surface area contributed by atoms with E-state index >= 15 is 0 Å². The van der Waals surface area contributed by atoms with Gasteiger partial charge in [0.05, 0.1) is 0 Å². The predicted octanol–water partition coefficient (Wildman–Crippen LogP) is 1.49. The first-order valence-corrected chi connectivity index (χ1v) is 8.33. The van der Waals surface area contributed by atoms with Crippen molar-refractivity contribution in [2.24, 2.45) is 11.3 Å². The van der Waals surface area contributed by atoms with E-state index in [1.807, 2.05) is 0 Å². The van der Waals surface area contributed by atoms with E-state index in [4.69, 9.17) is 9.47 Å². The van der Waals surface area contributed by atoms with Gasteiger partial charge in [-0.1, -0.05) is 13.0 Å². The smallest absolute Gasteiger partial charge is 0.246 e. The van der Waals surface area contributed by atoms with Crippen LogP contribution in [0.5, 0.6) is 11.5 Å². The van der Waals surface area contributed by atoms with E-state index in [1.54, 1.807) is 22.5 Å². The molecule has 5 nitrogen and oxygen atoms in total. The first-order valence-electron chi connectivity index (χ1n) is 6.89. The molecule has 1 aromatic carbocycles. The molecular formula is C14H17NO4S. The highest BCUT2D eigenvalue weighted by Gasteiger charge is 2.58. The van der Waals surface area contributed by atoms with E-state index in [0.29, 0.717) is 43.7 Å². The summed E-state index contributed by atoms with van der Waals surface area (Å²) in [6, 6.07) is 5.06. The second-order valence-electron chi connectivity index (χ2n) is 6.13. The largest absolute Gasteiger partial charge is 0.486 e. The molecule has 2 aliphatic heterocycles. The van der Waals surface area contributed by atoms with Crippen molar-refractivity contribution in [3.63, 3.8) is 0 Å². The minimum atomic E-state index is -3.49. The molecule has 2 heterocycles. The molecule has 2 unspecified atom stereocenters. The fourth-order valence-electron chi connectivity index (χ4n) is 3.27. The number of nitrogens with zero attached hydrogens (tertiary/aromatic N) is 1. The van der Waals surface area contributed by atoms with Gasteiger partial charge in [0, 0.05) is 13.1 Å². The quantitative estimate of drug-likeness (QED) is 0.829. The summed E-state index contributed by atoms with van der Waals surface area (Å²) in [4.78, 5) is 0.236. The number of rotatable bonds is 2. The summed E-state index contributed by atoms with van der Waals surface area (Å²) in [7, 11) is -3.49. The van der Waals surface area contributed by atoms with Crippen LogP contribution in [-0.4, -0.2) is 39.0 Å². The molecule has 1 aromatic rings. The molecule has 4 rings (SSSR count). The maximum absolute atomic E-state index is 12.8. The lowest BCUT2D eigenvalue weighted by Crippen LogP contribution is -2.32. The van der Waals surface area contributed by atoms with Crippen LogP contribution >= 0.6 is 0 Å². The van der Waals surface area contributed by atoms with E-state index in [-0.39, 0.29) is 10.3 Å². The van der Waals surface area contributed by atoms with E-state index in [0.717, 1.165) is 6.42 Å². The number of piperidine rings is 1. The number of hydrogen-bond acceptors (Lipinski definition) is 4. The van der Waals surface area contributed by atoms with E-state index < -0.39 is 10.0 Å². The molecule has 0 N–H and O–H groups in total. The van der Waals surface area contributed by atoms with Crippen LogP contribution in [0.3, 0.4) is 0 Å². The van der Waals surface area contributed by atoms with Crippen LogP contribution in [0.2, 0.25) is 0 Å². The van der Waals surface area contributed by atoms with Crippen molar-refractivity contribution in [2.45, 2.75) is 18.2 Å². The number of sulfonamides is 1. The first-order chi connectivity index (χ1) is 9.51. The van der Waals surface area contributed by atoms with Crippen molar-refractivity contribution in [3.8, 4) is 11.5 Å². The minimum absolute atomic E-state index is 0.194. The summed E-state index contributed by atoms with van der Waals surface area (Å²) >= 11 is 0. The summed E-state index contributed by atoms with van der Waals surface area (Å²) in [5, 5.41) is 0. The average Bonchev–Trinajstić information content (AvgIpc) is 2.95. The molecular weight excluding hydrogens is 278 g/mol. The van der Waals surface area contributed by atoms with Crippen LogP contribution in [0.25, 0.3) is 0 Å². The molecule has 2 fully saturated rings. The molecule has 1 aliphatic carbocycles. The SMILES string of the molecule is CC12CC1CN(S(=O)(=O)c1cccc3c1OCCO3)C2. The third-order valence-electron chi connectivity index (χ3n) is 4.65. The topological polar surface area (TPSA) is 55.8 Å². The Kier molecular flexibility index (Phi) is 2.42. The molecule has 0 radical (unpaired) electrons. The zero-order valence-electron chi connectivity index (χ0n) is 11.3. The van der Waals surface area contributed by atoms with Crippen LogP contribution in [0.15, 0.2) is 23.1 Å². The van der Waals surface area contributed by atoms with Crippen LogP contribution in [0.1, 0.15) is 13.3 Å². The van der Waals surface area contributed by atoms with E-state index in [2.05, 4.69) is 6.92 Å². The summed E-state index contributed by atoms with van der Waals surface area (Å²) in [6.45, 7) is 4.25. The molecule has 0 spiro atoms. The number of fused-ring (bicyclic) bond motifs is 2. The van der Waals surface area contributed by atoms with E-state index in [9.17, 15) is 8.42 Å². The average molecular weight is 295 g/mol. The Balaban J connectivity index is 1.73. The third-order valence-corrected chi connectivity index (χ3v) is 6.48. The molecule has 0 amide bonds. The summed E-state index contributed by atoms with van der Waals surface area (Å²) in [6.07, 6.45) is 1.14. The van der Waals surface area contributed by atoms with Gasteiger partial charge in [0.1, 0.15) is 18.1 Å². The molecule has 1 saturated carbocycles. The molecule has 0 bridgehead atoms. The van der Waals surface area contributed by atoms with Gasteiger partial charge in [-0.05, 0) is 29.9 Å². The second-order valence-corrected chi connectivity index (χ2v) is 8.04. The Labute approximate surface area is 118 Å². The van der Waals surface area contributed by atoms with Crippen molar-refractivity contribution in [1.29, 1.82) is 0 Å². The van der Waals surface area contributed by atoms with Crippen LogP contribution < -0.4 is 9.47 Å². The zero-order valence-corrected chi connectivity index (χ0v) is 12.1. The second kappa shape index (κ2) is 3.89. The normalized spacial score (nSPS) is 31.9. The van der Waals surface area contributed by atoms with Gasteiger partial charge in [0.25, 0.3) is 0 Å². The molecule has 1 saturated heterocycles. The van der Waals surface area contributed by atoms with Crippen LogP contribution in [0.4, 0.5) is 0 Å². The Morgan fingerprint density at radius 3 is 2.85 bits per heavy atom. The molecule has 2 atom stereocenters. The minimum Gasteiger partial charge on any atom is -0.486 e. The van der Waals surface area contributed by atoms with Crippen LogP contribution in [0, 0.1) is 11.3 Å². The van der Waals surface area contributed by atoms with Gasteiger partial charge in [-0.25, -0.2) is 8.42 Å². The summed E-state index contributed by atoms with van der Waals surface area (Å²) in [5.74, 6) is 1.41. The highest BCUT2D eigenvalue weighted by atomic mass is 32.2.